The van der Waals surface area contributed by atoms with Crippen molar-refractivity contribution in [2.45, 2.75) is 23.7 Å². The molecule has 3 rings (SSSR count). The zero-order valence-electron chi connectivity index (χ0n) is 11.9. The molecule has 1 fully saturated rings. The summed E-state index contributed by atoms with van der Waals surface area (Å²) >= 11 is 7.37. The molecule has 0 aromatic carbocycles. The summed E-state index contributed by atoms with van der Waals surface area (Å²) < 4.78 is 5.64. The summed E-state index contributed by atoms with van der Waals surface area (Å²) in [5.74, 6) is 0.577. The highest BCUT2D eigenvalue weighted by atomic mass is 35.5. The minimum absolute atomic E-state index is 0.160. The van der Waals surface area contributed by atoms with Crippen LogP contribution in [0, 0.1) is 0 Å². The summed E-state index contributed by atoms with van der Waals surface area (Å²) in [5.41, 5.74) is 0.829. The third-order valence-electron chi connectivity index (χ3n) is 3.49. The topological polar surface area (TPSA) is 95.7 Å². The summed E-state index contributed by atoms with van der Waals surface area (Å²) in [6.07, 6.45) is -0.102. The van der Waals surface area contributed by atoms with Gasteiger partial charge in [0.2, 0.25) is 0 Å². The lowest BCUT2D eigenvalue weighted by Gasteiger charge is -2.34. The highest BCUT2D eigenvalue weighted by Gasteiger charge is 2.38. The average molecular weight is 355 g/mol. The Morgan fingerprint density at radius 1 is 1.09 bits per heavy atom. The molecule has 0 saturated carbocycles. The van der Waals surface area contributed by atoms with Gasteiger partial charge in [0.15, 0.2) is 16.3 Å². The van der Waals surface area contributed by atoms with Gasteiger partial charge in [-0.1, -0.05) is 11.6 Å². The maximum Gasteiger partial charge on any atom is 0.173 e. The van der Waals surface area contributed by atoms with E-state index in [2.05, 4.69) is 9.97 Å². The monoisotopic (exact) mass is 354 g/mol. The van der Waals surface area contributed by atoms with E-state index in [1.807, 2.05) is 12.1 Å². The second kappa shape index (κ2) is 7.02. The molecule has 1 aliphatic rings. The number of nitrogens with zero attached hydrogens (tertiary/aromatic N) is 2. The Morgan fingerprint density at radius 2 is 1.83 bits per heavy atom. The first-order valence-electron chi connectivity index (χ1n) is 6.95. The smallest absolute Gasteiger partial charge is 0.173 e. The predicted molar refractivity (Wildman–Crippen MR) is 87.4 cm³/mol. The van der Waals surface area contributed by atoms with E-state index >= 15 is 0 Å². The third kappa shape index (κ3) is 3.59. The van der Waals surface area contributed by atoms with Crippen molar-refractivity contribution < 1.29 is 20.1 Å². The number of rotatable bonds is 3. The van der Waals surface area contributed by atoms with Gasteiger partial charge in [0.05, 0.1) is 11.8 Å². The number of hydrogen-bond donors (Lipinski definition) is 3. The maximum absolute atomic E-state index is 9.97. The van der Waals surface area contributed by atoms with E-state index in [9.17, 15) is 15.3 Å². The first-order chi connectivity index (χ1) is 11.1. The summed E-state index contributed by atoms with van der Waals surface area (Å²) in [4.78, 5) is 8.23. The van der Waals surface area contributed by atoms with Crippen LogP contribution in [-0.2, 0) is 0 Å². The molecule has 0 bridgehead atoms. The van der Waals surface area contributed by atoms with Gasteiger partial charge in [0.1, 0.15) is 12.2 Å². The van der Waals surface area contributed by atoms with Crippen molar-refractivity contribution in [2.75, 3.05) is 5.75 Å². The Kier molecular flexibility index (Phi) is 5.03. The highest BCUT2D eigenvalue weighted by molar-refractivity contribution is 7.99. The van der Waals surface area contributed by atoms with Crippen molar-refractivity contribution >= 4 is 23.4 Å². The molecule has 2 aromatic rings. The molecule has 6 nitrogen and oxygen atoms in total. The van der Waals surface area contributed by atoms with E-state index in [1.54, 1.807) is 24.5 Å². The van der Waals surface area contributed by atoms with Crippen molar-refractivity contribution in [3.8, 4) is 17.0 Å². The van der Waals surface area contributed by atoms with Crippen molar-refractivity contribution in [3.63, 3.8) is 0 Å². The molecule has 1 aliphatic heterocycles. The fourth-order valence-electron chi connectivity index (χ4n) is 2.20. The Balaban J connectivity index is 1.77. The molecule has 3 N–H and O–H groups in total. The number of thioether (sulfide) groups is 1. The first-order valence-corrected chi connectivity index (χ1v) is 8.38. The first kappa shape index (κ1) is 16.5. The van der Waals surface area contributed by atoms with E-state index in [4.69, 9.17) is 16.3 Å². The van der Waals surface area contributed by atoms with Gasteiger partial charge in [-0.3, -0.25) is 4.98 Å². The molecule has 0 amide bonds. The molecule has 122 valence electrons. The fourth-order valence-corrected chi connectivity index (χ4v) is 3.51. The Labute approximate surface area is 142 Å². The van der Waals surface area contributed by atoms with Gasteiger partial charge in [-0.2, -0.15) is 0 Å². The molecule has 8 heteroatoms. The van der Waals surface area contributed by atoms with Crippen molar-refractivity contribution in [3.05, 3.63) is 41.8 Å². The van der Waals surface area contributed by atoms with E-state index in [0.29, 0.717) is 11.4 Å². The summed E-state index contributed by atoms with van der Waals surface area (Å²) in [6.45, 7) is 0. The SMILES string of the molecule is O[C@@H]1[C@@H](O)[C@H](Oc2ccc(-c3ccncc3)nc2Cl)SC[C@H]1O. The van der Waals surface area contributed by atoms with Gasteiger partial charge in [-0.05, 0) is 24.3 Å². The number of ether oxygens (including phenoxy) is 1. The third-order valence-corrected chi connectivity index (χ3v) is 5.00. The van der Waals surface area contributed by atoms with Crippen LogP contribution in [-0.4, -0.2) is 54.8 Å². The molecular weight excluding hydrogens is 340 g/mol. The largest absolute Gasteiger partial charge is 0.474 e. The summed E-state index contributed by atoms with van der Waals surface area (Å²) in [5, 5.41) is 29.4. The number of pyridine rings is 2. The standard InChI is InChI=1S/C15H15ClN2O4S/c16-14-11(22-15-13(21)12(20)10(19)7-23-15)2-1-9(18-14)8-3-5-17-6-4-8/h1-6,10,12-13,15,19-21H,7H2/t10-,12+,13-,15-/m1/s1. The number of hydrogen-bond acceptors (Lipinski definition) is 7. The summed E-state index contributed by atoms with van der Waals surface area (Å²) in [6, 6.07) is 7.05. The molecule has 4 atom stereocenters. The molecule has 0 radical (unpaired) electrons. The molecule has 0 spiro atoms. The van der Waals surface area contributed by atoms with E-state index in [-0.39, 0.29) is 10.9 Å². The van der Waals surface area contributed by atoms with Crippen LogP contribution in [0.15, 0.2) is 36.7 Å². The normalized spacial score (nSPS) is 27.7. The van der Waals surface area contributed by atoms with Crippen molar-refractivity contribution in [1.29, 1.82) is 0 Å². The van der Waals surface area contributed by atoms with E-state index in [0.717, 1.165) is 5.56 Å². The van der Waals surface area contributed by atoms with E-state index in [1.165, 1.54) is 11.8 Å². The second-order valence-corrected chi connectivity index (χ2v) is 6.58. The lowest BCUT2D eigenvalue weighted by molar-refractivity contribution is -0.0786. The van der Waals surface area contributed by atoms with Crippen LogP contribution in [0.2, 0.25) is 5.15 Å². The van der Waals surface area contributed by atoms with Gasteiger partial charge in [0, 0.05) is 23.7 Å². The lowest BCUT2D eigenvalue weighted by atomic mass is 10.1. The molecular formula is C15H15ClN2O4S. The van der Waals surface area contributed by atoms with Crippen LogP contribution < -0.4 is 4.74 Å². The number of aliphatic hydroxyl groups is 3. The lowest BCUT2D eigenvalue weighted by Crippen LogP contribution is -2.50. The number of aliphatic hydroxyl groups excluding tert-OH is 3. The molecule has 1 saturated heterocycles. The minimum atomic E-state index is -1.25. The fraction of sp³-hybridized carbons (Fsp3) is 0.333. The van der Waals surface area contributed by atoms with Crippen LogP contribution in [0.5, 0.6) is 5.75 Å². The number of aromatic nitrogens is 2. The maximum atomic E-state index is 9.97. The molecule has 23 heavy (non-hydrogen) atoms. The highest BCUT2D eigenvalue weighted by Crippen LogP contribution is 2.33. The Hall–Kier alpha value is -1.38. The Bertz CT molecular complexity index is 676. The second-order valence-electron chi connectivity index (χ2n) is 5.09. The molecule has 0 aliphatic carbocycles. The molecule has 2 aromatic heterocycles. The van der Waals surface area contributed by atoms with Gasteiger partial charge in [0.25, 0.3) is 0 Å². The Morgan fingerprint density at radius 3 is 2.52 bits per heavy atom. The zero-order valence-corrected chi connectivity index (χ0v) is 13.5. The van der Waals surface area contributed by atoms with Crippen LogP contribution in [0.4, 0.5) is 0 Å². The van der Waals surface area contributed by atoms with Gasteiger partial charge in [-0.25, -0.2) is 4.98 Å². The van der Waals surface area contributed by atoms with E-state index < -0.39 is 23.7 Å². The molecule has 3 heterocycles. The van der Waals surface area contributed by atoms with Crippen LogP contribution in [0.25, 0.3) is 11.3 Å². The quantitative estimate of drug-likeness (QED) is 0.715. The van der Waals surface area contributed by atoms with Gasteiger partial charge in [-0.15, -0.1) is 11.8 Å². The van der Waals surface area contributed by atoms with Crippen molar-refractivity contribution in [2.24, 2.45) is 0 Å². The van der Waals surface area contributed by atoms with Crippen molar-refractivity contribution in [1.82, 2.24) is 9.97 Å². The minimum Gasteiger partial charge on any atom is -0.474 e. The number of halogens is 1. The molecule has 0 unspecified atom stereocenters. The van der Waals surface area contributed by atoms with Gasteiger partial charge >= 0.3 is 0 Å². The van der Waals surface area contributed by atoms with Crippen LogP contribution >= 0.6 is 23.4 Å². The average Bonchev–Trinajstić information content (AvgIpc) is 2.57. The predicted octanol–water partition coefficient (Wildman–Crippen LogP) is 1.33. The van der Waals surface area contributed by atoms with Crippen LogP contribution in [0.3, 0.4) is 0 Å². The summed E-state index contributed by atoms with van der Waals surface area (Å²) in [7, 11) is 0. The zero-order chi connectivity index (χ0) is 16.4. The van der Waals surface area contributed by atoms with Gasteiger partial charge < -0.3 is 20.1 Å². The van der Waals surface area contributed by atoms with Crippen LogP contribution in [0.1, 0.15) is 0 Å².